The van der Waals surface area contributed by atoms with Crippen LogP contribution in [0.15, 0.2) is 53.4 Å². The van der Waals surface area contributed by atoms with Crippen molar-refractivity contribution in [3.63, 3.8) is 0 Å². The third-order valence-electron chi connectivity index (χ3n) is 4.60. The van der Waals surface area contributed by atoms with Crippen LogP contribution < -0.4 is 15.8 Å². The van der Waals surface area contributed by atoms with Crippen molar-refractivity contribution in [2.45, 2.75) is 44.7 Å². The summed E-state index contributed by atoms with van der Waals surface area (Å²) in [6.07, 6.45) is -1.16. The summed E-state index contributed by atoms with van der Waals surface area (Å²) >= 11 is 0. The Morgan fingerprint density at radius 1 is 1.00 bits per heavy atom. The number of aryl methyl sites for hydroxylation is 1. The topological polar surface area (TPSA) is 145 Å². The number of benzene rings is 2. The van der Waals surface area contributed by atoms with Gasteiger partial charge in [-0.05, 0) is 56.2 Å². The van der Waals surface area contributed by atoms with Gasteiger partial charge < -0.3 is 15.4 Å². The predicted molar refractivity (Wildman–Crippen MR) is 119 cm³/mol. The zero-order valence-electron chi connectivity index (χ0n) is 18.3. The minimum Gasteiger partial charge on any atom is -0.451 e. The van der Waals surface area contributed by atoms with E-state index in [1.54, 1.807) is 32.0 Å². The molecule has 32 heavy (non-hydrogen) atoms. The summed E-state index contributed by atoms with van der Waals surface area (Å²) in [6.45, 7) is 6.75. The third kappa shape index (κ3) is 6.89. The fraction of sp³-hybridized carbons (Fsp3) is 0.318. The van der Waals surface area contributed by atoms with Gasteiger partial charge in [0.15, 0.2) is 6.10 Å². The van der Waals surface area contributed by atoms with E-state index in [1.807, 2.05) is 13.0 Å². The van der Waals surface area contributed by atoms with Crippen molar-refractivity contribution in [1.82, 2.24) is 5.32 Å². The van der Waals surface area contributed by atoms with E-state index in [0.29, 0.717) is 11.3 Å². The Labute approximate surface area is 187 Å². The van der Waals surface area contributed by atoms with E-state index in [4.69, 9.17) is 9.88 Å². The van der Waals surface area contributed by atoms with Crippen molar-refractivity contribution in [3.05, 3.63) is 59.7 Å². The number of carbonyl (C=O) groups excluding carboxylic acids is 3. The summed E-state index contributed by atoms with van der Waals surface area (Å²) in [7, 11) is -3.85. The second kappa shape index (κ2) is 10.4. The number of sulfonamides is 1. The van der Waals surface area contributed by atoms with Gasteiger partial charge in [-0.3, -0.25) is 9.59 Å². The van der Waals surface area contributed by atoms with Crippen LogP contribution in [0.5, 0.6) is 0 Å². The number of hydrogen-bond acceptors (Lipinski definition) is 6. The van der Waals surface area contributed by atoms with Crippen molar-refractivity contribution in [3.8, 4) is 0 Å². The van der Waals surface area contributed by atoms with E-state index in [9.17, 15) is 22.8 Å². The summed E-state index contributed by atoms with van der Waals surface area (Å²) in [6, 6.07) is 11.2. The largest absolute Gasteiger partial charge is 0.451 e. The highest BCUT2D eigenvalue weighted by Crippen LogP contribution is 2.14. The van der Waals surface area contributed by atoms with Gasteiger partial charge in [0.1, 0.15) is 6.04 Å². The summed E-state index contributed by atoms with van der Waals surface area (Å²) < 4.78 is 27.9. The molecule has 0 aliphatic carbocycles. The maximum atomic E-state index is 12.6. The Kier molecular flexibility index (Phi) is 8.12. The molecule has 0 aromatic heterocycles. The van der Waals surface area contributed by atoms with Crippen LogP contribution in [0.2, 0.25) is 0 Å². The Balaban J connectivity index is 2.01. The Morgan fingerprint density at radius 3 is 2.16 bits per heavy atom. The molecule has 0 aliphatic rings. The molecular weight excluding hydrogens is 434 g/mol. The first kappa shape index (κ1) is 25.0. The highest BCUT2D eigenvalue weighted by atomic mass is 32.2. The number of carbonyl (C=O) groups is 3. The SMILES string of the molecule is Cc1cccc(C(=O)NC(C(=O)OC(C)C(=O)Nc2ccc(S(N)(=O)=O)cc2)C(C)C)c1. The first-order valence-electron chi connectivity index (χ1n) is 9.90. The van der Waals surface area contributed by atoms with E-state index in [1.165, 1.54) is 31.2 Å². The molecular formula is C22H27N3O6S. The minimum atomic E-state index is -3.85. The molecule has 2 rings (SSSR count). The first-order valence-corrected chi connectivity index (χ1v) is 11.4. The Bertz CT molecular complexity index is 1100. The minimum absolute atomic E-state index is 0.0981. The average molecular weight is 462 g/mol. The number of primary sulfonamides is 1. The van der Waals surface area contributed by atoms with Crippen molar-refractivity contribution in [1.29, 1.82) is 0 Å². The Hall–Kier alpha value is -3.24. The lowest BCUT2D eigenvalue weighted by molar-refractivity contribution is -0.156. The molecule has 2 aromatic rings. The molecule has 172 valence electrons. The standard InChI is InChI=1S/C22H27N3O6S/c1-13(2)19(25-21(27)16-7-5-6-14(3)12-16)22(28)31-15(4)20(26)24-17-8-10-18(11-9-17)32(23,29)30/h5-13,15,19H,1-4H3,(H,24,26)(H,25,27)(H2,23,29,30). The molecule has 2 aromatic carbocycles. The highest BCUT2D eigenvalue weighted by molar-refractivity contribution is 7.89. The number of nitrogens with one attached hydrogen (secondary N) is 2. The fourth-order valence-corrected chi connectivity index (χ4v) is 3.30. The summed E-state index contributed by atoms with van der Waals surface area (Å²) in [5.41, 5.74) is 1.62. The molecule has 0 saturated heterocycles. The highest BCUT2D eigenvalue weighted by Gasteiger charge is 2.29. The molecule has 4 N–H and O–H groups in total. The van der Waals surface area contributed by atoms with E-state index in [0.717, 1.165) is 5.56 Å². The smallest absolute Gasteiger partial charge is 0.329 e. The van der Waals surface area contributed by atoms with E-state index < -0.39 is 40.0 Å². The normalized spacial score (nSPS) is 13.2. The molecule has 9 nitrogen and oxygen atoms in total. The van der Waals surface area contributed by atoms with Crippen LogP contribution in [0.4, 0.5) is 5.69 Å². The second-order valence-electron chi connectivity index (χ2n) is 7.70. The van der Waals surface area contributed by atoms with Crippen molar-refractivity contribution in [2.24, 2.45) is 11.1 Å². The van der Waals surface area contributed by atoms with Gasteiger partial charge in [0.05, 0.1) is 4.90 Å². The number of ether oxygens (including phenoxy) is 1. The number of amides is 2. The van der Waals surface area contributed by atoms with Crippen LogP contribution in [-0.2, 0) is 24.3 Å². The van der Waals surface area contributed by atoms with E-state index in [-0.39, 0.29) is 10.8 Å². The van der Waals surface area contributed by atoms with E-state index >= 15 is 0 Å². The van der Waals surface area contributed by atoms with Gasteiger partial charge in [-0.2, -0.15) is 0 Å². The lowest BCUT2D eigenvalue weighted by Crippen LogP contribution is -2.47. The zero-order chi connectivity index (χ0) is 24.1. The van der Waals surface area contributed by atoms with Crippen LogP contribution in [-0.4, -0.2) is 38.3 Å². The molecule has 0 fully saturated rings. The number of rotatable bonds is 8. The predicted octanol–water partition coefficient (Wildman–Crippen LogP) is 1.97. The van der Waals surface area contributed by atoms with Crippen LogP contribution >= 0.6 is 0 Å². The van der Waals surface area contributed by atoms with Crippen LogP contribution in [0.25, 0.3) is 0 Å². The molecule has 2 atom stereocenters. The van der Waals surface area contributed by atoms with Gasteiger partial charge >= 0.3 is 5.97 Å². The number of nitrogens with two attached hydrogens (primary N) is 1. The number of hydrogen-bond donors (Lipinski definition) is 3. The molecule has 0 radical (unpaired) electrons. The second-order valence-corrected chi connectivity index (χ2v) is 9.26. The van der Waals surface area contributed by atoms with Crippen LogP contribution in [0, 0.1) is 12.8 Å². The van der Waals surface area contributed by atoms with Gasteiger partial charge in [0, 0.05) is 11.3 Å². The lowest BCUT2D eigenvalue weighted by Gasteiger charge is -2.23. The summed E-state index contributed by atoms with van der Waals surface area (Å²) in [4.78, 5) is 37.5. The van der Waals surface area contributed by atoms with Gasteiger partial charge in [-0.1, -0.05) is 31.5 Å². The average Bonchev–Trinajstić information content (AvgIpc) is 2.71. The monoisotopic (exact) mass is 461 g/mol. The number of anilines is 1. The van der Waals surface area contributed by atoms with Gasteiger partial charge in [0.25, 0.3) is 11.8 Å². The molecule has 2 amide bonds. The van der Waals surface area contributed by atoms with Crippen LogP contribution in [0.3, 0.4) is 0 Å². The van der Waals surface area contributed by atoms with Gasteiger partial charge in [-0.15, -0.1) is 0 Å². The quantitative estimate of drug-likeness (QED) is 0.513. The molecule has 0 spiro atoms. The van der Waals surface area contributed by atoms with Crippen molar-refractivity contribution < 1.29 is 27.5 Å². The maximum absolute atomic E-state index is 12.6. The molecule has 0 saturated carbocycles. The first-order chi connectivity index (χ1) is 14.9. The zero-order valence-corrected chi connectivity index (χ0v) is 19.1. The molecule has 2 unspecified atom stereocenters. The molecule has 0 aliphatic heterocycles. The molecule has 0 bridgehead atoms. The Morgan fingerprint density at radius 2 is 1.62 bits per heavy atom. The maximum Gasteiger partial charge on any atom is 0.329 e. The summed E-state index contributed by atoms with van der Waals surface area (Å²) in [5.74, 6) is -2.06. The number of esters is 1. The fourth-order valence-electron chi connectivity index (χ4n) is 2.78. The van der Waals surface area contributed by atoms with Gasteiger partial charge in [0.2, 0.25) is 10.0 Å². The lowest BCUT2D eigenvalue weighted by atomic mass is 10.0. The van der Waals surface area contributed by atoms with Gasteiger partial charge in [-0.25, -0.2) is 18.4 Å². The molecule has 10 heteroatoms. The van der Waals surface area contributed by atoms with Crippen molar-refractivity contribution >= 4 is 33.5 Å². The van der Waals surface area contributed by atoms with Crippen LogP contribution in [0.1, 0.15) is 36.7 Å². The molecule has 0 heterocycles. The third-order valence-corrected chi connectivity index (χ3v) is 5.53. The van der Waals surface area contributed by atoms with Crippen molar-refractivity contribution in [2.75, 3.05) is 5.32 Å². The van der Waals surface area contributed by atoms with E-state index in [2.05, 4.69) is 10.6 Å². The summed E-state index contributed by atoms with van der Waals surface area (Å²) in [5, 5.41) is 10.2.